The number of methoxy groups -OCH3 is 1. The first-order valence-electron chi connectivity index (χ1n) is 6.21. The molecule has 0 unspecified atom stereocenters. The summed E-state index contributed by atoms with van der Waals surface area (Å²) in [4.78, 5) is 4.45. The number of halogens is 3. The van der Waals surface area contributed by atoms with Crippen molar-refractivity contribution in [2.45, 2.75) is 18.9 Å². The van der Waals surface area contributed by atoms with Crippen molar-refractivity contribution in [3.05, 3.63) is 50.2 Å². The molecule has 2 aromatic rings. The second-order valence-electron chi connectivity index (χ2n) is 4.45. The third-order valence-electron chi connectivity index (χ3n) is 2.79. The van der Waals surface area contributed by atoms with Crippen LogP contribution < -0.4 is 9.47 Å². The predicted octanol–water partition coefficient (Wildman–Crippen LogP) is 5.40. The highest BCUT2D eigenvalue weighted by molar-refractivity contribution is 9.11. The van der Waals surface area contributed by atoms with Crippen molar-refractivity contribution >= 4 is 47.8 Å². The maximum atomic E-state index is 5.88. The molecule has 1 aromatic carbocycles. The van der Waals surface area contributed by atoms with Gasteiger partial charge in [0.25, 0.3) is 0 Å². The van der Waals surface area contributed by atoms with Gasteiger partial charge in [-0.15, -0.1) is 0 Å². The van der Waals surface area contributed by atoms with E-state index in [4.69, 9.17) is 9.47 Å². The number of alkyl halides is 1. The minimum Gasteiger partial charge on any atom is -0.497 e. The van der Waals surface area contributed by atoms with Gasteiger partial charge >= 0.3 is 0 Å². The van der Waals surface area contributed by atoms with E-state index in [1.165, 1.54) is 0 Å². The van der Waals surface area contributed by atoms with Crippen molar-refractivity contribution in [1.29, 1.82) is 0 Å². The van der Waals surface area contributed by atoms with Crippen LogP contribution in [0, 0.1) is 6.92 Å². The number of hydrogen-bond donors (Lipinski definition) is 0. The molecule has 0 radical (unpaired) electrons. The van der Waals surface area contributed by atoms with Gasteiger partial charge in [-0.2, -0.15) is 0 Å². The number of rotatable bonds is 5. The number of aryl methyl sites for hydroxylation is 1. The van der Waals surface area contributed by atoms with Crippen LogP contribution in [0.1, 0.15) is 17.0 Å². The zero-order chi connectivity index (χ0) is 15.4. The third-order valence-corrected chi connectivity index (χ3v) is 4.62. The molecule has 0 bridgehead atoms. The van der Waals surface area contributed by atoms with Crippen molar-refractivity contribution in [3.8, 4) is 11.5 Å². The van der Waals surface area contributed by atoms with Gasteiger partial charge in [-0.05, 0) is 56.5 Å². The Morgan fingerprint density at radius 2 is 1.76 bits per heavy atom. The predicted molar refractivity (Wildman–Crippen MR) is 94.3 cm³/mol. The number of hydrogen-bond acceptors (Lipinski definition) is 3. The molecule has 0 amide bonds. The van der Waals surface area contributed by atoms with Gasteiger partial charge in [-0.1, -0.05) is 15.9 Å². The average molecular weight is 480 g/mol. The van der Waals surface area contributed by atoms with Crippen LogP contribution in [0.5, 0.6) is 11.5 Å². The van der Waals surface area contributed by atoms with E-state index in [0.29, 0.717) is 6.61 Å². The Bertz CT molecular complexity index is 624. The van der Waals surface area contributed by atoms with Crippen LogP contribution in [0.15, 0.2) is 33.2 Å². The molecule has 1 heterocycles. The lowest BCUT2D eigenvalue weighted by Gasteiger charge is -2.12. The second kappa shape index (κ2) is 7.61. The van der Waals surface area contributed by atoms with Crippen molar-refractivity contribution in [1.82, 2.24) is 4.98 Å². The van der Waals surface area contributed by atoms with Crippen LogP contribution in [0.4, 0.5) is 0 Å². The highest BCUT2D eigenvalue weighted by atomic mass is 79.9. The smallest absolute Gasteiger partial charge is 0.148 e. The maximum absolute atomic E-state index is 5.88. The van der Waals surface area contributed by atoms with E-state index >= 15 is 0 Å². The topological polar surface area (TPSA) is 31.4 Å². The Labute approximate surface area is 149 Å². The molecular weight excluding hydrogens is 466 g/mol. The van der Waals surface area contributed by atoms with E-state index < -0.39 is 0 Å². The third kappa shape index (κ3) is 4.44. The highest BCUT2D eigenvalue weighted by Gasteiger charge is 2.10. The first-order chi connectivity index (χ1) is 10.0. The lowest BCUT2D eigenvalue weighted by Crippen LogP contribution is -2.01. The number of nitrogens with zero attached hydrogens (tertiary/aromatic N) is 1. The summed E-state index contributed by atoms with van der Waals surface area (Å²) in [5, 5.41) is 0.793. The number of benzene rings is 1. The van der Waals surface area contributed by atoms with Gasteiger partial charge in [-0.3, -0.25) is 4.98 Å². The lowest BCUT2D eigenvalue weighted by atomic mass is 10.2. The molecule has 21 heavy (non-hydrogen) atoms. The molecule has 0 saturated heterocycles. The second-order valence-corrected chi connectivity index (χ2v) is 6.72. The van der Waals surface area contributed by atoms with Crippen LogP contribution in [-0.2, 0) is 11.9 Å². The molecule has 1 aromatic heterocycles. The fourth-order valence-electron chi connectivity index (χ4n) is 1.87. The molecule has 0 saturated carbocycles. The number of ether oxygens (including phenoxy) is 2. The summed E-state index contributed by atoms with van der Waals surface area (Å²) in [5.41, 5.74) is 2.90. The molecule has 112 valence electrons. The molecular formula is C15H14Br3NO2. The van der Waals surface area contributed by atoms with Gasteiger partial charge in [-0.25, -0.2) is 0 Å². The van der Waals surface area contributed by atoms with E-state index in [0.717, 1.165) is 42.7 Å². The Morgan fingerprint density at radius 3 is 2.33 bits per heavy atom. The molecule has 3 nitrogen and oxygen atoms in total. The Kier molecular flexibility index (Phi) is 6.08. The van der Waals surface area contributed by atoms with Crippen molar-refractivity contribution in [2.75, 3.05) is 7.11 Å². The van der Waals surface area contributed by atoms with Crippen molar-refractivity contribution in [3.63, 3.8) is 0 Å². The zero-order valence-electron chi connectivity index (χ0n) is 11.6. The minimum absolute atomic E-state index is 0.378. The summed E-state index contributed by atoms with van der Waals surface area (Å²) in [5.74, 6) is 1.55. The molecule has 0 atom stereocenters. The fourth-order valence-corrected chi connectivity index (χ4v) is 3.70. The largest absolute Gasteiger partial charge is 0.497 e. The molecule has 0 aliphatic carbocycles. The molecule has 2 rings (SSSR count). The van der Waals surface area contributed by atoms with Gasteiger partial charge in [0.1, 0.15) is 18.1 Å². The summed E-state index contributed by atoms with van der Waals surface area (Å²) in [6, 6.07) is 7.82. The number of pyridine rings is 1. The van der Waals surface area contributed by atoms with Crippen molar-refractivity contribution < 1.29 is 9.47 Å². The first kappa shape index (κ1) is 16.8. The van der Waals surface area contributed by atoms with Gasteiger partial charge in [0.15, 0.2) is 0 Å². The van der Waals surface area contributed by atoms with E-state index in [2.05, 4.69) is 52.8 Å². The standard InChI is InChI=1S/C15H14Br3NO2/c1-9-3-12(20-2)6-11(19-9)8-21-15-13(17)4-10(7-16)5-14(15)18/h3-6H,7-8H2,1-2H3. The molecule has 0 spiro atoms. The fraction of sp³-hybridized carbons (Fsp3) is 0.267. The Hall–Kier alpha value is -0.590. The van der Waals surface area contributed by atoms with Crippen LogP contribution in [0.3, 0.4) is 0 Å². The molecule has 0 N–H and O–H groups in total. The molecule has 6 heteroatoms. The van der Waals surface area contributed by atoms with Crippen LogP contribution >= 0.6 is 47.8 Å². The monoisotopic (exact) mass is 477 g/mol. The Morgan fingerprint density at radius 1 is 1.10 bits per heavy atom. The maximum Gasteiger partial charge on any atom is 0.148 e. The molecule has 0 aliphatic heterocycles. The van der Waals surface area contributed by atoms with Gasteiger partial charge in [0.05, 0.1) is 21.7 Å². The van der Waals surface area contributed by atoms with E-state index in [1.54, 1.807) is 7.11 Å². The molecule has 0 aliphatic rings. The normalized spacial score (nSPS) is 10.5. The quantitative estimate of drug-likeness (QED) is 0.538. The SMILES string of the molecule is COc1cc(C)nc(COc2c(Br)cc(CBr)cc2Br)c1. The lowest BCUT2D eigenvalue weighted by molar-refractivity contribution is 0.296. The van der Waals surface area contributed by atoms with Gasteiger partial charge in [0, 0.05) is 23.2 Å². The van der Waals surface area contributed by atoms with E-state index in [9.17, 15) is 0 Å². The summed E-state index contributed by atoms with van der Waals surface area (Å²) >= 11 is 10.5. The highest BCUT2D eigenvalue weighted by Crippen LogP contribution is 2.35. The average Bonchev–Trinajstić information content (AvgIpc) is 2.45. The van der Waals surface area contributed by atoms with Gasteiger partial charge in [0.2, 0.25) is 0 Å². The summed E-state index contributed by atoms with van der Waals surface area (Å²) < 4.78 is 12.9. The number of aromatic nitrogens is 1. The van der Waals surface area contributed by atoms with Gasteiger partial charge < -0.3 is 9.47 Å². The van der Waals surface area contributed by atoms with E-state index in [-0.39, 0.29) is 0 Å². The first-order valence-corrected chi connectivity index (χ1v) is 8.92. The minimum atomic E-state index is 0.378. The Balaban J connectivity index is 2.18. The summed E-state index contributed by atoms with van der Waals surface area (Å²) in [7, 11) is 1.64. The summed E-state index contributed by atoms with van der Waals surface area (Å²) in [6.45, 7) is 2.31. The summed E-state index contributed by atoms with van der Waals surface area (Å²) in [6.07, 6.45) is 0. The van der Waals surface area contributed by atoms with Crippen LogP contribution in [0.2, 0.25) is 0 Å². The van der Waals surface area contributed by atoms with E-state index in [1.807, 2.05) is 31.2 Å². The van der Waals surface area contributed by atoms with Crippen LogP contribution in [-0.4, -0.2) is 12.1 Å². The zero-order valence-corrected chi connectivity index (χ0v) is 16.4. The van der Waals surface area contributed by atoms with Crippen LogP contribution in [0.25, 0.3) is 0 Å². The van der Waals surface area contributed by atoms with Crippen molar-refractivity contribution in [2.24, 2.45) is 0 Å². The molecule has 0 fully saturated rings.